The van der Waals surface area contributed by atoms with Gasteiger partial charge in [0.25, 0.3) is 0 Å². The number of nitrogens with zero attached hydrogens (tertiary/aromatic N) is 1. The topological polar surface area (TPSA) is 49.4 Å². The third-order valence-electron chi connectivity index (χ3n) is 3.25. The summed E-state index contributed by atoms with van der Waals surface area (Å²) in [6.07, 6.45) is 2.35. The van der Waals surface area contributed by atoms with Gasteiger partial charge in [0, 0.05) is 36.6 Å². The molecule has 5 heteroatoms. The van der Waals surface area contributed by atoms with Crippen molar-refractivity contribution in [2.24, 2.45) is 0 Å². The molecular weight excluding hydrogens is 332 g/mol. The molecular formula is C16H23BrN2O2. The van der Waals surface area contributed by atoms with Crippen molar-refractivity contribution in [2.75, 3.05) is 18.0 Å². The second-order valence-electron chi connectivity index (χ2n) is 5.06. The number of rotatable bonds is 7. The first-order valence-corrected chi connectivity index (χ1v) is 8.06. The fourth-order valence-corrected chi connectivity index (χ4v) is 2.22. The van der Waals surface area contributed by atoms with Gasteiger partial charge in [0.1, 0.15) is 0 Å². The summed E-state index contributed by atoms with van der Waals surface area (Å²) in [6.45, 7) is 6.68. The molecule has 0 aliphatic rings. The highest BCUT2D eigenvalue weighted by molar-refractivity contribution is 9.10. The Morgan fingerprint density at radius 3 is 2.62 bits per heavy atom. The summed E-state index contributed by atoms with van der Waals surface area (Å²) in [7, 11) is 0. The number of anilines is 1. The summed E-state index contributed by atoms with van der Waals surface area (Å²) in [5.74, 6) is -0.0679. The van der Waals surface area contributed by atoms with Gasteiger partial charge in [0.05, 0.1) is 0 Å². The Bertz CT molecular complexity index is 503. The van der Waals surface area contributed by atoms with Crippen LogP contribution < -0.4 is 10.2 Å². The number of unbranched alkanes of at least 4 members (excludes halogenated alkanes) is 1. The van der Waals surface area contributed by atoms with E-state index in [0.29, 0.717) is 19.5 Å². The number of amides is 2. The standard InChI is InChI=1S/C16H23BrN2O2/c1-4-5-9-18-16(21)8-10-19(13(3)20)14-6-7-15(17)12(2)11-14/h6-7,11H,4-5,8-10H2,1-3H3,(H,18,21). The SMILES string of the molecule is CCCCNC(=O)CCN(C(C)=O)c1ccc(Br)c(C)c1. The minimum absolute atomic E-state index is 0.0106. The number of benzene rings is 1. The van der Waals surface area contributed by atoms with Gasteiger partial charge in [0.15, 0.2) is 0 Å². The molecule has 0 spiro atoms. The summed E-state index contributed by atoms with van der Waals surface area (Å²) in [4.78, 5) is 25.2. The molecule has 1 aromatic rings. The average Bonchev–Trinajstić information content (AvgIpc) is 2.43. The maximum atomic E-state index is 11.8. The number of aryl methyl sites for hydroxylation is 1. The smallest absolute Gasteiger partial charge is 0.223 e. The molecule has 2 amide bonds. The molecule has 0 bridgehead atoms. The number of hydrogen-bond donors (Lipinski definition) is 1. The monoisotopic (exact) mass is 354 g/mol. The van der Waals surface area contributed by atoms with Gasteiger partial charge in [-0.1, -0.05) is 29.3 Å². The third-order valence-corrected chi connectivity index (χ3v) is 4.14. The average molecular weight is 355 g/mol. The van der Waals surface area contributed by atoms with Gasteiger partial charge < -0.3 is 10.2 Å². The fraction of sp³-hybridized carbons (Fsp3) is 0.500. The Balaban J connectivity index is 2.64. The van der Waals surface area contributed by atoms with Gasteiger partial charge >= 0.3 is 0 Å². The lowest BCUT2D eigenvalue weighted by atomic mass is 10.2. The molecule has 0 saturated heterocycles. The highest BCUT2D eigenvalue weighted by Gasteiger charge is 2.14. The number of halogens is 1. The van der Waals surface area contributed by atoms with Crippen molar-refractivity contribution >= 4 is 33.4 Å². The van der Waals surface area contributed by atoms with Gasteiger partial charge in [-0.15, -0.1) is 0 Å². The fourth-order valence-electron chi connectivity index (χ4n) is 1.97. The molecule has 0 atom stereocenters. The van der Waals surface area contributed by atoms with Crippen LogP contribution in [0.15, 0.2) is 22.7 Å². The zero-order chi connectivity index (χ0) is 15.8. The van der Waals surface area contributed by atoms with E-state index in [0.717, 1.165) is 28.6 Å². The first kappa shape index (κ1) is 17.7. The molecule has 0 heterocycles. The molecule has 0 aliphatic carbocycles. The first-order chi connectivity index (χ1) is 9.95. The first-order valence-electron chi connectivity index (χ1n) is 7.26. The van der Waals surface area contributed by atoms with Crippen molar-refractivity contribution in [1.29, 1.82) is 0 Å². The molecule has 4 nitrogen and oxygen atoms in total. The summed E-state index contributed by atoms with van der Waals surface area (Å²) in [6, 6.07) is 5.75. The van der Waals surface area contributed by atoms with Crippen molar-refractivity contribution in [1.82, 2.24) is 5.32 Å². The normalized spacial score (nSPS) is 10.3. The highest BCUT2D eigenvalue weighted by atomic mass is 79.9. The molecule has 1 rings (SSSR count). The van der Waals surface area contributed by atoms with Gasteiger partial charge in [-0.2, -0.15) is 0 Å². The van der Waals surface area contributed by atoms with E-state index < -0.39 is 0 Å². The van der Waals surface area contributed by atoms with Crippen LogP contribution in [-0.2, 0) is 9.59 Å². The number of hydrogen-bond acceptors (Lipinski definition) is 2. The van der Waals surface area contributed by atoms with Gasteiger partial charge in [-0.25, -0.2) is 0 Å². The van der Waals surface area contributed by atoms with Crippen LogP contribution in [0.5, 0.6) is 0 Å². The highest BCUT2D eigenvalue weighted by Crippen LogP contribution is 2.23. The van der Waals surface area contributed by atoms with Crippen molar-refractivity contribution in [3.8, 4) is 0 Å². The lowest BCUT2D eigenvalue weighted by Crippen LogP contribution is -2.34. The maximum absolute atomic E-state index is 11.8. The van der Waals surface area contributed by atoms with Crippen LogP contribution in [0.2, 0.25) is 0 Å². The molecule has 1 N–H and O–H groups in total. The zero-order valence-corrected chi connectivity index (χ0v) is 14.5. The lowest BCUT2D eigenvalue weighted by Gasteiger charge is -2.21. The summed E-state index contributed by atoms with van der Waals surface area (Å²) in [5.41, 5.74) is 1.88. The van der Waals surface area contributed by atoms with Crippen LogP contribution in [-0.4, -0.2) is 24.9 Å². The van der Waals surface area contributed by atoms with Crippen LogP contribution in [0.3, 0.4) is 0 Å². The van der Waals surface area contributed by atoms with Gasteiger partial charge in [-0.3, -0.25) is 9.59 Å². The second-order valence-corrected chi connectivity index (χ2v) is 5.91. The Labute approximate surface area is 135 Å². The van der Waals surface area contributed by atoms with E-state index in [1.807, 2.05) is 25.1 Å². The molecule has 0 aromatic heterocycles. The molecule has 0 saturated carbocycles. The predicted octanol–water partition coefficient (Wildman–Crippen LogP) is 3.42. The van der Waals surface area contributed by atoms with E-state index in [-0.39, 0.29) is 11.8 Å². The second kappa shape index (κ2) is 8.82. The lowest BCUT2D eigenvalue weighted by molar-refractivity contribution is -0.121. The van der Waals surface area contributed by atoms with E-state index >= 15 is 0 Å². The van der Waals surface area contributed by atoms with Gasteiger partial charge in [-0.05, 0) is 37.1 Å². The zero-order valence-electron chi connectivity index (χ0n) is 12.9. The molecule has 0 aliphatic heterocycles. The van der Waals surface area contributed by atoms with Crippen LogP contribution in [0.4, 0.5) is 5.69 Å². The van der Waals surface area contributed by atoms with E-state index in [1.54, 1.807) is 4.90 Å². The van der Waals surface area contributed by atoms with Crippen LogP contribution in [0.25, 0.3) is 0 Å². The minimum atomic E-state index is -0.0573. The maximum Gasteiger partial charge on any atom is 0.223 e. The Morgan fingerprint density at radius 2 is 2.05 bits per heavy atom. The van der Waals surface area contributed by atoms with E-state index in [9.17, 15) is 9.59 Å². The molecule has 0 unspecified atom stereocenters. The van der Waals surface area contributed by atoms with Crippen LogP contribution >= 0.6 is 15.9 Å². The largest absolute Gasteiger partial charge is 0.356 e. The summed E-state index contributed by atoms with van der Waals surface area (Å²) >= 11 is 3.45. The molecule has 116 valence electrons. The summed E-state index contributed by atoms with van der Waals surface area (Å²) < 4.78 is 1.01. The number of carbonyl (C=O) groups is 2. The van der Waals surface area contributed by atoms with E-state index in [2.05, 4.69) is 28.2 Å². The predicted molar refractivity (Wildman–Crippen MR) is 89.4 cm³/mol. The van der Waals surface area contributed by atoms with Crippen molar-refractivity contribution < 1.29 is 9.59 Å². The van der Waals surface area contributed by atoms with E-state index in [1.165, 1.54) is 6.92 Å². The third kappa shape index (κ3) is 5.87. The molecule has 0 fully saturated rings. The summed E-state index contributed by atoms with van der Waals surface area (Å²) in [5, 5.41) is 2.87. The van der Waals surface area contributed by atoms with Crippen LogP contribution in [0, 0.1) is 6.92 Å². The number of nitrogens with one attached hydrogen (secondary N) is 1. The Morgan fingerprint density at radius 1 is 1.33 bits per heavy atom. The van der Waals surface area contributed by atoms with Crippen molar-refractivity contribution in [3.05, 3.63) is 28.2 Å². The quantitative estimate of drug-likeness (QED) is 0.762. The van der Waals surface area contributed by atoms with Gasteiger partial charge in [0.2, 0.25) is 11.8 Å². The van der Waals surface area contributed by atoms with E-state index in [4.69, 9.17) is 0 Å². The molecule has 0 radical (unpaired) electrons. The van der Waals surface area contributed by atoms with Crippen LogP contribution in [0.1, 0.15) is 38.7 Å². The minimum Gasteiger partial charge on any atom is -0.356 e. The number of carbonyl (C=O) groups excluding carboxylic acids is 2. The molecule has 1 aromatic carbocycles. The van der Waals surface area contributed by atoms with Crippen molar-refractivity contribution in [3.63, 3.8) is 0 Å². The Hall–Kier alpha value is -1.36. The molecule has 21 heavy (non-hydrogen) atoms. The Kier molecular flexibility index (Phi) is 7.43. The van der Waals surface area contributed by atoms with Crippen molar-refractivity contribution in [2.45, 2.75) is 40.0 Å².